The van der Waals surface area contributed by atoms with Crippen LogP contribution >= 0.6 is 0 Å². The van der Waals surface area contributed by atoms with Crippen LogP contribution < -0.4 is 5.32 Å². The molecule has 0 bridgehead atoms. The largest absolute Gasteiger partial charge is 0.388 e. The van der Waals surface area contributed by atoms with E-state index in [1.54, 1.807) is 12.1 Å². The Labute approximate surface area is 111 Å². The lowest BCUT2D eigenvalue weighted by atomic mass is 9.94. The number of ether oxygens (including phenoxy) is 1. The summed E-state index contributed by atoms with van der Waals surface area (Å²) >= 11 is 0. The quantitative estimate of drug-likeness (QED) is 0.856. The zero-order valence-corrected chi connectivity index (χ0v) is 10.7. The van der Waals surface area contributed by atoms with E-state index in [1.807, 2.05) is 0 Å². The second-order valence-electron chi connectivity index (χ2n) is 4.92. The summed E-state index contributed by atoms with van der Waals surface area (Å²) in [7, 11) is 0. The van der Waals surface area contributed by atoms with Gasteiger partial charge in [0.2, 0.25) is 5.91 Å². The standard InChI is InChI=1S/C14H18FNO3/c15-12-3-1-2-11(8-12)9-13(17)16-10-14(18)4-6-19-7-5-14/h1-3,8,18H,4-7,9-10H2,(H,16,17). The van der Waals surface area contributed by atoms with Crippen molar-refractivity contribution < 1.29 is 19.0 Å². The summed E-state index contributed by atoms with van der Waals surface area (Å²) in [6.45, 7) is 1.23. The van der Waals surface area contributed by atoms with Gasteiger partial charge in [0.05, 0.1) is 12.0 Å². The maximum atomic E-state index is 13.0. The van der Waals surface area contributed by atoms with E-state index in [0.29, 0.717) is 31.6 Å². The first-order valence-electron chi connectivity index (χ1n) is 6.39. The lowest BCUT2D eigenvalue weighted by molar-refractivity contribution is -0.123. The Bertz CT molecular complexity index is 444. The minimum atomic E-state index is -0.879. The molecule has 1 aromatic carbocycles. The molecule has 2 rings (SSSR count). The number of hydrogen-bond donors (Lipinski definition) is 2. The molecular formula is C14H18FNO3. The molecule has 0 radical (unpaired) electrons. The van der Waals surface area contributed by atoms with Crippen LogP contribution in [0.3, 0.4) is 0 Å². The van der Waals surface area contributed by atoms with E-state index in [9.17, 15) is 14.3 Å². The third-order valence-corrected chi connectivity index (χ3v) is 3.29. The highest BCUT2D eigenvalue weighted by Gasteiger charge is 2.29. The summed E-state index contributed by atoms with van der Waals surface area (Å²) in [6, 6.07) is 5.95. The molecule has 104 valence electrons. The van der Waals surface area contributed by atoms with E-state index in [-0.39, 0.29) is 24.7 Å². The van der Waals surface area contributed by atoms with Crippen molar-refractivity contribution in [1.82, 2.24) is 5.32 Å². The first-order chi connectivity index (χ1) is 9.07. The normalized spacial score (nSPS) is 18.0. The number of aliphatic hydroxyl groups is 1. The highest BCUT2D eigenvalue weighted by Crippen LogP contribution is 2.19. The van der Waals surface area contributed by atoms with Gasteiger partial charge in [-0.25, -0.2) is 4.39 Å². The summed E-state index contributed by atoms with van der Waals surface area (Å²) < 4.78 is 18.1. The van der Waals surface area contributed by atoms with E-state index in [2.05, 4.69) is 5.32 Å². The molecule has 0 spiro atoms. The van der Waals surface area contributed by atoms with E-state index < -0.39 is 5.60 Å². The van der Waals surface area contributed by atoms with Crippen LogP contribution in [0.1, 0.15) is 18.4 Å². The van der Waals surface area contributed by atoms with Gasteiger partial charge in [-0.15, -0.1) is 0 Å². The third kappa shape index (κ3) is 4.29. The van der Waals surface area contributed by atoms with Gasteiger partial charge in [-0.1, -0.05) is 12.1 Å². The van der Waals surface area contributed by atoms with Crippen LogP contribution in [-0.4, -0.2) is 36.4 Å². The van der Waals surface area contributed by atoms with Gasteiger partial charge in [-0.3, -0.25) is 4.79 Å². The van der Waals surface area contributed by atoms with E-state index in [1.165, 1.54) is 12.1 Å². The molecule has 1 aliphatic rings. The highest BCUT2D eigenvalue weighted by atomic mass is 19.1. The molecule has 4 nitrogen and oxygen atoms in total. The van der Waals surface area contributed by atoms with Crippen molar-refractivity contribution in [2.75, 3.05) is 19.8 Å². The minimum absolute atomic E-state index is 0.115. The van der Waals surface area contributed by atoms with Crippen molar-refractivity contribution in [2.24, 2.45) is 0 Å². The molecule has 0 aromatic heterocycles. The van der Waals surface area contributed by atoms with E-state index >= 15 is 0 Å². The van der Waals surface area contributed by atoms with Crippen LogP contribution in [0.5, 0.6) is 0 Å². The number of amides is 1. The molecule has 1 fully saturated rings. The highest BCUT2D eigenvalue weighted by molar-refractivity contribution is 5.78. The van der Waals surface area contributed by atoms with Crippen molar-refractivity contribution in [3.8, 4) is 0 Å². The number of hydrogen-bond acceptors (Lipinski definition) is 3. The lowest BCUT2D eigenvalue weighted by Crippen LogP contribution is -2.46. The Kier molecular flexibility index (Phi) is 4.50. The number of carbonyl (C=O) groups is 1. The fraction of sp³-hybridized carbons (Fsp3) is 0.500. The molecular weight excluding hydrogens is 249 g/mol. The van der Waals surface area contributed by atoms with Gasteiger partial charge in [0.1, 0.15) is 5.82 Å². The maximum Gasteiger partial charge on any atom is 0.224 e. The van der Waals surface area contributed by atoms with Crippen molar-refractivity contribution in [2.45, 2.75) is 24.9 Å². The van der Waals surface area contributed by atoms with Gasteiger partial charge in [0.15, 0.2) is 0 Å². The van der Waals surface area contributed by atoms with Gasteiger partial charge in [-0.05, 0) is 17.7 Å². The Morgan fingerprint density at radius 2 is 2.16 bits per heavy atom. The number of carbonyl (C=O) groups excluding carboxylic acids is 1. The molecule has 1 aliphatic heterocycles. The molecule has 0 unspecified atom stereocenters. The van der Waals surface area contributed by atoms with Crippen LogP contribution in [0.4, 0.5) is 4.39 Å². The van der Waals surface area contributed by atoms with Gasteiger partial charge in [0.25, 0.3) is 0 Å². The summed E-state index contributed by atoms with van der Waals surface area (Å²) in [5.74, 6) is -0.570. The van der Waals surface area contributed by atoms with Crippen LogP contribution in [-0.2, 0) is 16.0 Å². The average Bonchev–Trinajstić information content (AvgIpc) is 2.38. The molecule has 1 saturated heterocycles. The SMILES string of the molecule is O=C(Cc1cccc(F)c1)NCC1(O)CCOCC1. The molecule has 0 saturated carbocycles. The van der Waals surface area contributed by atoms with Crippen LogP contribution in [0.2, 0.25) is 0 Å². The van der Waals surface area contributed by atoms with Crippen molar-refractivity contribution in [3.63, 3.8) is 0 Å². The van der Waals surface area contributed by atoms with Crippen LogP contribution in [0, 0.1) is 5.82 Å². The predicted octanol–water partition coefficient (Wildman–Crippen LogP) is 1.03. The number of rotatable bonds is 4. The first kappa shape index (κ1) is 14.0. The average molecular weight is 267 g/mol. The number of benzene rings is 1. The Balaban J connectivity index is 1.81. The summed E-state index contributed by atoms with van der Waals surface area (Å²) in [5.41, 5.74) is -0.257. The molecule has 1 aromatic rings. The molecule has 0 atom stereocenters. The zero-order chi connectivity index (χ0) is 13.7. The van der Waals surface area contributed by atoms with Gasteiger partial charge in [-0.2, -0.15) is 0 Å². The van der Waals surface area contributed by atoms with E-state index in [0.717, 1.165) is 0 Å². The molecule has 1 heterocycles. The van der Waals surface area contributed by atoms with Crippen LogP contribution in [0.15, 0.2) is 24.3 Å². The summed E-state index contributed by atoms with van der Waals surface area (Å²) in [5, 5.41) is 12.9. The summed E-state index contributed by atoms with van der Waals surface area (Å²) in [6.07, 6.45) is 1.16. The van der Waals surface area contributed by atoms with Gasteiger partial charge in [0, 0.05) is 32.6 Å². The molecule has 1 amide bonds. The molecule has 19 heavy (non-hydrogen) atoms. The monoisotopic (exact) mass is 267 g/mol. The fourth-order valence-corrected chi connectivity index (χ4v) is 2.09. The van der Waals surface area contributed by atoms with Crippen molar-refractivity contribution >= 4 is 5.91 Å². The smallest absolute Gasteiger partial charge is 0.224 e. The molecule has 5 heteroatoms. The minimum Gasteiger partial charge on any atom is -0.388 e. The Morgan fingerprint density at radius 1 is 1.42 bits per heavy atom. The van der Waals surface area contributed by atoms with Crippen molar-refractivity contribution in [3.05, 3.63) is 35.6 Å². The second kappa shape index (κ2) is 6.12. The summed E-state index contributed by atoms with van der Waals surface area (Å²) in [4.78, 5) is 11.7. The fourth-order valence-electron chi connectivity index (χ4n) is 2.09. The first-order valence-corrected chi connectivity index (χ1v) is 6.39. The van der Waals surface area contributed by atoms with E-state index in [4.69, 9.17) is 4.74 Å². The third-order valence-electron chi connectivity index (χ3n) is 3.29. The Morgan fingerprint density at radius 3 is 2.84 bits per heavy atom. The number of halogens is 1. The predicted molar refractivity (Wildman–Crippen MR) is 68.1 cm³/mol. The van der Waals surface area contributed by atoms with Gasteiger partial charge >= 0.3 is 0 Å². The van der Waals surface area contributed by atoms with Crippen molar-refractivity contribution in [1.29, 1.82) is 0 Å². The lowest BCUT2D eigenvalue weighted by Gasteiger charge is -2.32. The Hall–Kier alpha value is -1.46. The topological polar surface area (TPSA) is 58.6 Å². The maximum absolute atomic E-state index is 13.0. The number of nitrogens with one attached hydrogen (secondary N) is 1. The van der Waals surface area contributed by atoms with Crippen LogP contribution in [0.25, 0.3) is 0 Å². The van der Waals surface area contributed by atoms with Gasteiger partial charge < -0.3 is 15.2 Å². The second-order valence-corrected chi connectivity index (χ2v) is 4.92. The molecule has 0 aliphatic carbocycles. The zero-order valence-electron chi connectivity index (χ0n) is 10.7. The molecule has 2 N–H and O–H groups in total.